The van der Waals surface area contributed by atoms with Crippen LogP contribution < -0.4 is 0 Å². The molecule has 0 aromatic heterocycles. The quantitative estimate of drug-likeness (QED) is 0.0169. The molecule has 0 aromatic carbocycles. The summed E-state index contributed by atoms with van der Waals surface area (Å²) in [6.45, 7) is 4.78. The number of esters is 4. The number of carbonyl (C=O) groups is 4. The maximum absolute atomic E-state index is 13.0. The van der Waals surface area contributed by atoms with Crippen molar-refractivity contribution >= 4 is 39.5 Å². The summed E-state index contributed by atoms with van der Waals surface area (Å²) in [6, 6.07) is 0. The first-order chi connectivity index (χ1) is 43.2. The van der Waals surface area contributed by atoms with Crippen molar-refractivity contribution in [2.24, 2.45) is 0 Å². The van der Waals surface area contributed by atoms with E-state index >= 15 is 0 Å². The van der Waals surface area contributed by atoms with E-state index < -0.39 is 97.5 Å². The van der Waals surface area contributed by atoms with Crippen molar-refractivity contribution in [2.75, 3.05) is 39.6 Å². The van der Waals surface area contributed by atoms with E-state index in [9.17, 15) is 43.2 Å². The minimum Gasteiger partial charge on any atom is -0.462 e. The topological polar surface area (TPSA) is 237 Å². The van der Waals surface area contributed by atoms with Gasteiger partial charge >= 0.3 is 39.5 Å². The molecule has 0 radical (unpaired) electrons. The number of hydrogen-bond acceptors (Lipinski definition) is 15. The summed E-state index contributed by atoms with van der Waals surface area (Å²) in [5.74, 6) is -2.16. The second-order valence-electron chi connectivity index (χ2n) is 24.6. The van der Waals surface area contributed by atoms with Crippen LogP contribution in [0.2, 0.25) is 0 Å². The Morgan fingerprint density at radius 2 is 0.539 bits per heavy atom. The van der Waals surface area contributed by atoms with Crippen molar-refractivity contribution in [3.8, 4) is 0 Å². The lowest BCUT2D eigenvalue weighted by molar-refractivity contribution is -0.161. The standard InChI is InChI=1S/C70H132O17P2/c1-5-9-13-17-20-23-26-28-30-31-32-33-35-37-39-42-45-49-53-57-70(75)87-66(61-81-68(73)55-51-47-43-41-38-36-34-29-27-24-21-18-14-10-6-2)63-85-89(78,79)83-59-64(71)58-82-88(76,77)84-62-65(60-80-67(72)54-50-46-16-12-8-4)86-69(74)56-52-48-44-40-25-22-19-15-11-7-3/h24,27,29,34,64-66,71H,5-23,25-26,28,30-33,35-63H2,1-4H3,(H,76,77)(H,78,79)/b27-24-,34-29-/t64-,65+,66+/m0/s1. The van der Waals surface area contributed by atoms with E-state index in [1.807, 2.05) is 0 Å². The first-order valence-electron chi connectivity index (χ1n) is 36.1. The van der Waals surface area contributed by atoms with Gasteiger partial charge in [-0.3, -0.25) is 37.3 Å². The highest BCUT2D eigenvalue weighted by molar-refractivity contribution is 7.47. The first-order valence-corrected chi connectivity index (χ1v) is 39.1. The molecule has 0 fully saturated rings. The lowest BCUT2D eigenvalue weighted by Gasteiger charge is -2.21. The van der Waals surface area contributed by atoms with Crippen LogP contribution in [0.5, 0.6) is 0 Å². The average Bonchev–Trinajstić information content (AvgIpc) is 3.70. The molecule has 0 amide bonds. The Kier molecular flexibility index (Phi) is 62.5. The molecule has 0 aliphatic heterocycles. The molecule has 0 aromatic rings. The lowest BCUT2D eigenvalue weighted by atomic mass is 10.0. The molecule has 524 valence electrons. The Morgan fingerprint density at radius 1 is 0.315 bits per heavy atom. The van der Waals surface area contributed by atoms with Crippen LogP contribution >= 0.6 is 15.6 Å². The number of allylic oxidation sites excluding steroid dienone is 4. The third kappa shape index (κ3) is 64.1. The molecule has 0 aliphatic rings. The van der Waals surface area contributed by atoms with Crippen LogP contribution in [0.1, 0.15) is 342 Å². The SMILES string of the molecule is CCCCCC/C=C\C=C/CCCCCCCC(=O)OC[C@H](COP(=O)(O)OC[C@@H](O)COP(=O)(O)OC[C@@H](COC(=O)CCCCCCC)OC(=O)CCCCCCCCCCCC)OC(=O)CCCCCCCCCCCCCCCCCCCCC. The molecule has 0 saturated carbocycles. The number of carbonyl (C=O) groups excluding carboxylic acids is 4. The maximum Gasteiger partial charge on any atom is 0.472 e. The van der Waals surface area contributed by atoms with Gasteiger partial charge in [0.15, 0.2) is 12.2 Å². The fourth-order valence-electron chi connectivity index (χ4n) is 10.2. The van der Waals surface area contributed by atoms with Crippen LogP contribution in [0.15, 0.2) is 24.3 Å². The maximum atomic E-state index is 13.0. The van der Waals surface area contributed by atoms with Crippen molar-refractivity contribution in [3.63, 3.8) is 0 Å². The molecule has 0 rings (SSSR count). The summed E-state index contributed by atoms with van der Waals surface area (Å²) in [5, 5.41) is 10.5. The van der Waals surface area contributed by atoms with E-state index in [4.69, 9.17) is 37.0 Å². The Hall–Kier alpha value is -2.46. The Balaban J connectivity index is 5.17. The van der Waals surface area contributed by atoms with Gasteiger partial charge in [0.2, 0.25) is 0 Å². The van der Waals surface area contributed by atoms with Crippen LogP contribution in [0, 0.1) is 0 Å². The number of rotatable bonds is 69. The van der Waals surface area contributed by atoms with Crippen molar-refractivity contribution in [1.82, 2.24) is 0 Å². The molecule has 0 heterocycles. The smallest absolute Gasteiger partial charge is 0.462 e. The molecular weight excluding hydrogens is 1170 g/mol. The van der Waals surface area contributed by atoms with Crippen LogP contribution in [-0.4, -0.2) is 96.7 Å². The Labute approximate surface area is 542 Å². The monoisotopic (exact) mass is 1310 g/mol. The number of aliphatic hydroxyl groups is 1. The van der Waals surface area contributed by atoms with Crippen LogP contribution in [0.3, 0.4) is 0 Å². The van der Waals surface area contributed by atoms with Crippen molar-refractivity contribution in [2.45, 2.75) is 361 Å². The van der Waals surface area contributed by atoms with Gasteiger partial charge in [0.1, 0.15) is 19.3 Å². The predicted molar refractivity (Wildman–Crippen MR) is 358 cm³/mol. The van der Waals surface area contributed by atoms with Crippen molar-refractivity contribution < 1.29 is 80.2 Å². The highest BCUT2D eigenvalue weighted by atomic mass is 31.2. The number of unbranched alkanes of at least 4 members (excludes halogenated alkanes) is 40. The van der Waals surface area contributed by atoms with E-state index in [0.29, 0.717) is 25.7 Å². The van der Waals surface area contributed by atoms with E-state index in [1.54, 1.807) is 0 Å². The number of hydrogen-bond donors (Lipinski definition) is 3. The van der Waals surface area contributed by atoms with Gasteiger partial charge in [0.25, 0.3) is 0 Å². The van der Waals surface area contributed by atoms with Gasteiger partial charge in [-0.1, -0.05) is 290 Å². The number of phosphoric ester groups is 2. The molecule has 0 saturated heterocycles. The van der Waals surface area contributed by atoms with Gasteiger partial charge in [-0.25, -0.2) is 9.13 Å². The predicted octanol–water partition coefficient (Wildman–Crippen LogP) is 19.8. The third-order valence-electron chi connectivity index (χ3n) is 15.7. The van der Waals surface area contributed by atoms with Crippen molar-refractivity contribution in [3.05, 3.63) is 24.3 Å². The zero-order valence-electron chi connectivity index (χ0n) is 56.9. The zero-order chi connectivity index (χ0) is 65.4. The van der Waals surface area contributed by atoms with Gasteiger partial charge in [-0.15, -0.1) is 0 Å². The second-order valence-corrected chi connectivity index (χ2v) is 27.5. The summed E-state index contributed by atoms with van der Waals surface area (Å²) < 4.78 is 68.0. The molecule has 0 spiro atoms. The van der Waals surface area contributed by atoms with Gasteiger partial charge in [-0.2, -0.15) is 0 Å². The van der Waals surface area contributed by atoms with E-state index in [-0.39, 0.29) is 25.7 Å². The fourth-order valence-corrected chi connectivity index (χ4v) is 11.7. The third-order valence-corrected chi connectivity index (χ3v) is 17.6. The molecule has 3 N–H and O–H groups in total. The van der Waals surface area contributed by atoms with E-state index in [0.717, 1.165) is 116 Å². The highest BCUT2D eigenvalue weighted by Crippen LogP contribution is 2.45. The highest BCUT2D eigenvalue weighted by Gasteiger charge is 2.30. The normalized spacial score (nSPS) is 14.2. The molecule has 19 heteroatoms. The zero-order valence-corrected chi connectivity index (χ0v) is 58.7. The summed E-state index contributed by atoms with van der Waals surface area (Å²) in [6.07, 6.45) is 55.4. The fraction of sp³-hybridized carbons (Fsp3) is 0.886. The summed E-state index contributed by atoms with van der Waals surface area (Å²) >= 11 is 0. The second kappa shape index (κ2) is 64.3. The molecule has 0 bridgehead atoms. The molecule has 17 nitrogen and oxygen atoms in total. The average molecular weight is 1310 g/mol. The minimum absolute atomic E-state index is 0.102. The minimum atomic E-state index is -4.96. The first kappa shape index (κ1) is 86.5. The van der Waals surface area contributed by atoms with Crippen LogP contribution in [0.4, 0.5) is 0 Å². The molecule has 5 atom stereocenters. The van der Waals surface area contributed by atoms with E-state index in [2.05, 4.69) is 52.0 Å². The molecule has 2 unspecified atom stereocenters. The Morgan fingerprint density at radius 3 is 0.820 bits per heavy atom. The molecule has 0 aliphatic carbocycles. The summed E-state index contributed by atoms with van der Waals surface area (Å²) in [7, 11) is -9.90. The Bertz CT molecular complexity index is 1800. The largest absolute Gasteiger partial charge is 0.472 e. The summed E-state index contributed by atoms with van der Waals surface area (Å²) in [5.41, 5.74) is 0. The van der Waals surface area contributed by atoms with Crippen LogP contribution in [0.25, 0.3) is 0 Å². The molecule has 89 heavy (non-hydrogen) atoms. The number of aliphatic hydroxyl groups excluding tert-OH is 1. The molecular formula is C70H132O17P2. The summed E-state index contributed by atoms with van der Waals surface area (Å²) in [4.78, 5) is 72.2. The van der Waals surface area contributed by atoms with Gasteiger partial charge in [0, 0.05) is 25.7 Å². The van der Waals surface area contributed by atoms with Gasteiger partial charge in [0.05, 0.1) is 26.4 Å². The van der Waals surface area contributed by atoms with E-state index in [1.165, 1.54) is 148 Å². The van der Waals surface area contributed by atoms with Crippen LogP contribution in [-0.2, 0) is 65.4 Å². The van der Waals surface area contributed by atoms with Gasteiger partial charge in [-0.05, 0) is 51.4 Å². The number of ether oxygens (including phenoxy) is 4. The lowest BCUT2D eigenvalue weighted by Crippen LogP contribution is -2.30. The number of phosphoric acid groups is 2. The van der Waals surface area contributed by atoms with Gasteiger partial charge < -0.3 is 33.8 Å². The van der Waals surface area contributed by atoms with Crippen molar-refractivity contribution in [1.29, 1.82) is 0 Å².